The third kappa shape index (κ3) is 4.18. The topological polar surface area (TPSA) is 104 Å². The molecule has 1 aliphatic rings. The van der Waals surface area contributed by atoms with Crippen molar-refractivity contribution in [2.75, 3.05) is 5.75 Å². The number of halogens is 3. The van der Waals surface area contributed by atoms with Gasteiger partial charge in [0.2, 0.25) is 5.91 Å². The van der Waals surface area contributed by atoms with Gasteiger partial charge in [0.1, 0.15) is 11.2 Å². The van der Waals surface area contributed by atoms with Crippen molar-refractivity contribution in [2.45, 2.75) is 37.1 Å². The fourth-order valence-corrected chi connectivity index (χ4v) is 2.50. The molecule has 1 saturated heterocycles. The first kappa shape index (κ1) is 19.0. The Morgan fingerprint density at radius 3 is 2.68 bits per heavy atom. The Morgan fingerprint density at radius 2 is 2.12 bits per heavy atom. The van der Waals surface area contributed by atoms with Gasteiger partial charge in [-0.2, -0.15) is 18.2 Å². The van der Waals surface area contributed by atoms with E-state index in [9.17, 15) is 27.6 Å². The molecule has 1 atom stereocenters. The molecule has 12 heteroatoms. The summed E-state index contributed by atoms with van der Waals surface area (Å²) in [6.07, 6.45) is -3.36. The summed E-state index contributed by atoms with van der Waals surface area (Å²) in [4.78, 5) is 42.6. The second kappa shape index (κ2) is 6.86. The van der Waals surface area contributed by atoms with Crippen molar-refractivity contribution in [2.24, 2.45) is 0 Å². The minimum atomic E-state index is -4.62. The summed E-state index contributed by atoms with van der Waals surface area (Å²) >= 11 is 0.646. The van der Waals surface area contributed by atoms with E-state index in [4.69, 9.17) is 0 Å². The van der Waals surface area contributed by atoms with Gasteiger partial charge in [0.25, 0.3) is 5.91 Å². The number of hydrogen-bond donors (Lipinski definition) is 2. The van der Waals surface area contributed by atoms with Gasteiger partial charge in [-0.1, -0.05) is 18.7 Å². The molecule has 0 aromatic carbocycles. The number of aromatic nitrogens is 2. The highest BCUT2D eigenvalue weighted by Crippen LogP contribution is 2.28. The number of thioether (sulfide) groups is 1. The fourth-order valence-electron chi connectivity index (χ4n) is 1.88. The molecule has 2 heterocycles. The van der Waals surface area contributed by atoms with Gasteiger partial charge in [-0.15, -0.1) is 0 Å². The van der Waals surface area contributed by atoms with Gasteiger partial charge in [-0.3, -0.25) is 15.0 Å². The standard InChI is InChI=1S/C13H14F3N5O3S/c1-3-12(2)9(23)21(11(24)19-12)20-8(22)6-25-10-17-5-4-7(18-10)13(14,15)16/h4-5H,3,6H2,1-2H3,(H,19,24)(H,20,22)/t12-/m0/s1. The predicted octanol–water partition coefficient (Wildman–Crippen LogP) is 1.34. The average Bonchev–Trinajstić information content (AvgIpc) is 2.76. The van der Waals surface area contributed by atoms with Crippen LogP contribution in [0.25, 0.3) is 0 Å². The van der Waals surface area contributed by atoms with Crippen LogP contribution in [0.4, 0.5) is 18.0 Å². The SMILES string of the molecule is CC[C@]1(C)NC(=O)N(NC(=O)CSc2nccc(C(F)(F)F)n2)C1=O. The molecule has 2 rings (SSSR count). The average molecular weight is 377 g/mol. The molecule has 8 nitrogen and oxygen atoms in total. The molecule has 1 aromatic rings. The molecule has 136 valence electrons. The van der Waals surface area contributed by atoms with Crippen molar-refractivity contribution in [1.82, 2.24) is 25.7 Å². The number of rotatable bonds is 5. The Labute approximate surface area is 144 Å². The summed E-state index contributed by atoms with van der Waals surface area (Å²) in [7, 11) is 0. The molecule has 25 heavy (non-hydrogen) atoms. The lowest BCUT2D eigenvalue weighted by molar-refractivity contribution is -0.141. The zero-order valence-electron chi connectivity index (χ0n) is 13.2. The number of amides is 4. The molecule has 0 saturated carbocycles. The molecule has 1 fully saturated rings. The summed E-state index contributed by atoms with van der Waals surface area (Å²) < 4.78 is 37.7. The van der Waals surface area contributed by atoms with Gasteiger partial charge >= 0.3 is 12.2 Å². The maximum atomic E-state index is 12.6. The highest BCUT2D eigenvalue weighted by atomic mass is 32.2. The first-order valence-electron chi connectivity index (χ1n) is 7.06. The van der Waals surface area contributed by atoms with Crippen LogP contribution in [-0.4, -0.2) is 44.1 Å². The van der Waals surface area contributed by atoms with E-state index in [1.165, 1.54) is 6.92 Å². The summed E-state index contributed by atoms with van der Waals surface area (Å²) in [6.45, 7) is 3.22. The molecule has 2 N–H and O–H groups in total. The van der Waals surface area contributed by atoms with E-state index >= 15 is 0 Å². The van der Waals surface area contributed by atoms with Crippen molar-refractivity contribution in [3.63, 3.8) is 0 Å². The number of nitrogens with zero attached hydrogens (tertiary/aromatic N) is 3. The number of carbonyl (C=O) groups excluding carboxylic acids is 3. The van der Waals surface area contributed by atoms with Crippen molar-refractivity contribution in [3.05, 3.63) is 18.0 Å². The van der Waals surface area contributed by atoms with E-state index < -0.39 is 35.3 Å². The van der Waals surface area contributed by atoms with E-state index in [1.54, 1.807) is 6.92 Å². The quantitative estimate of drug-likeness (QED) is 0.456. The smallest absolute Gasteiger partial charge is 0.322 e. The number of alkyl halides is 3. The van der Waals surface area contributed by atoms with Gasteiger partial charge in [-0.05, 0) is 19.4 Å². The molecule has 0 spiro atoms. The van der Waals surface area contributed by atoms with Crippen molar-refractivity contribution >= 4 is 29.6 Å². The largest absolute Gasteiger partial charge is 0.433 e. The molecular formula is C13H14F3N5O3S. The van der Waals surface area contributed by atoms with Crippen LogP contribution in [0.3, 0.4) is 0 Å². The Kier molecular flexibility index (Phi) is 5.20. The summed E-state index contributed by atoms with van der Waals surface area (Å²) in [5, 5.41) is 2.75. The van der Waals surface area contributed by atoms with Gasteiger partial charge in [0.15, 0.2) is 5.16 Å². The zero-order valence-corrected chi connectivity index (χ0v) is 14.0. The Hall–Kier alpha value is -2.37. The van der Waals surface area contributed by atoms with E-state index in [1.807, 2.05) is 0 Å². The van der Waals surface area contributed by atoms with Crippen LogP contribution >= 0.6 is 11.8 Å². The van der Waals surface area contributed by atoms with Crippen LogP contribution in [0.5, 0.6) is 0 Å². The molecular weight excluding hydrogens is 363 g/mol. The monoisotopic (exact) mass is 377 g/mol. The molecule has 4 amide bonds. The van der Waals surface area contributed by atoms with Crippen LogP contribution in [0.2, 0.25) is 0 Å². The minimum absolute atomic E-state index is 0.249. The van der Waals surface area contributed by atoms with Crippen LogP contribution in [-0.2, 0) is 15.8 Å². The van der Waals surface area contributed by atoms with Crippen LogP contribution in [0, 0.1) is 0 Å². The first-order chi connectivity index (χ1) is 11.6. The second-order valence-electron chi connectivity index (χ2n) is 5.30. The van der Waals surface area contributed by atoms with Gasteiger partial charge in [-0.25, -0.2) is 14.8 Å². The van der Waals surface area contributed by atoms with Crippen LogP contribution in [0.15, 0.2) is 17.4 Å². The maximum Gasteiger partial charge on any atom is 0.433 e. The number of nitrogens with one attached hydrogen (secondary N) is 2. The minimum Gasteiger partial charge on any atom is -0.322 e. The van der Waals surface area contributed by atoms with Gasteiger partial charge in [0.05, 0.1) is 5.75 Å². The second-order valence-corrected chi connectivity index (χ2v) is 6.24. The lowest BCUT2D eigenvalue weighted by Crippen LogP contribution is -2.49. The number of carbonyl (C=O) groups is 3. The molecule has 1 aliphatic heterocycles. The predicted molar refractivity (Wildman–Crippen MR) is 80.0 cm³/mol. The van der Waals surface area contributed by atoms with E-state index in [0.717, 1.165) is 6.20 Å². The normalized spacial score (nSPS) is 20.6. The van der Waals surface area contributed by atoms with E-state index in [0.29, 0.717) is 29.3 Å². The van der Waals surface area contributed by atoms with E-state index in [2.05, 4.69) is 20.7 Å². The van der Waals surface area contributed by atoms with Crippen LogP contribution in [0.1, 0.15) is 26.0 Å². The van der Waals surface area contributed by atoms with Crippen molar-refractivity contribution in [3.8, 4) is 0 Å². The molecule has 1 aromatic heterocycles. The van der Waals surface area contributed by atoms with Gasteiger partial charge < -0.3 is 5.32 Å². The van der Waals surface area contributed by atoms with E-state index in [-0.39, 0.29) is 10.9 Å². The van der Waals surface area contributed by atoms with Crippen molar-refractivity contribution in [1.29, 1.82) is 0 Å². The lowest BCUT2D eigenvalue weighted by atomic mass is 10.00. The number of hydrazine groups is 1. The fraction of sp³-hybridized carbons (Fsp3) is 0.462. The Morgan fingerprint density at radius 1 is 1.44 bits per heavy atom. The number of hydrogen-bond acceptors (Lipinski definition) is 6. The number of imide groups is 1. The molecule has 0 radical (unpaired) electrons. The summed E-state index contributed by atoms with van der Waals surface area (Å²) in [6, 6.07) is -0.0637. The lowest BCUT2D eigenvalue weighted by Gasteiger charge is -2.19. The molecule has 0 bridgehead atoms. The van der Waals surface area contributed by atoms with Crippen LogP contribution < -0.4 is 10.7 Å². The summed E-state index contributed by atoms with van der Waals surface area (Å²) in [5.41, 5.74) is -0.119. The third-order valence-electron chi connectivity index (χ3n) is 3.46. The highest BCUT2D eigenvalue weighted by molar-refractivity contribution is 7.99. The Balaban J connectivity index is 1.96. The Bertz CT molecular complexity index is 714. The summed E-state index contributed by atoms with van der Waals surface area (Å²) in [5.74, 6) is -1.75. The molecule has 0 unspecified atom stereocenters. The van der Waals surface area contributed by atoms with Crippen molar-refractivity contribution < 1.29 is 27.6 Å². The van der Waals surface area contributed by atoms with Gasteiger partial charge in [0, 0.05) is 6.20 Å². The molecule has 0 aliphatic carbocycles. The highest BCUT2D eigenvalue weighted by Gasteiger charge is 2.47. The third-order valence-corrected chi connectivity index (χ3v) is 4.32. The number of urea groups is 1. The zero-order chi connectivity index (χ0) is 18.8. The first-order valence-corrected chi connectivity index (χ1v) is 8.04. The maximum absolute atomic E-state index is 12.6.